The van der Waals surface area contributed by atoms with E-state index in [1.165, 1.54) is 0 Å². The summed E-state index contributed by atoms with van der Waals surface area (Å²) in [5.41, 5.74) is 0. The Hall–Kier alpha value is -3.13. The van der Waals surface area contributed by atoms with E-state index in [-0.39, 0.29) is 12.8 Å². The molecular weight excluding hydrogens is 402 g/mol. The number of terminal acetylenes is 1. The molecule has 0 aromatic rings. The minimum absolute atomic E-state index is 0.0753. The minimum atomic E-state index is -1.62. The maximum absolute atomic E-state index is 12.1. The fourth-order valence-corrected chi connectivity index (χ4v) is 2.31. The molecule has 0 saturated heterocycles. The van der Waals surface area contributed by atoms with Gasteiger partial charge in [0.15, 0.2) is 12.2 Å². The van der Waals surface area contributed by atoms with E-state index in [1.807, 2.05) is 0 Å². The number of aliphatic hydroxyl groups excluding tert-OH is 1. The Kier molecular flexibility index (Phi) is 12.5. The van der Waals surface area contributed by atoms with Crippen molar-refractivity contribution >= 4 is 29.8 Å². The molecule has 4 atom stereocenters. The van der Waals surface area contributed by atoms with Crippen molar-refractivity contribution in [3.05, 3.63) is 0 Å². The van der Waals surface area contributed by atoms with Crippen molar-refractivity contribution in [1.29, 1.82) is 0 Å². The van der Waals surface area contributed by atoms with E-state index in [4.69, 9.17) is 25.4 Å². The van der Waals surface area contributed by atoms with E-state index in [2.05, 4.69) is 11.2 Å². The van der Waals surface area contributed by atoms with Gasteiger partial charge in [0.2, 0.25) is 5.91 Å². The minimum Gasteiger partial charge on any atom is -0.464 e. The van der Waals surface area contributed by atoms with E-state index >= 15 is 0 Å². The number of nitrogens with one attached hydrogen (secondary N) is 1. The fourth-order valence-electron chi connectivity index (χ4n) is 2.31. The third-order valence-corrected chi connectivity index (χ3v) is 3.47. The van der Waals surface area contributed by atoms with Crippen LogP contribution in [0.1, 0.15) is 40.5 Å². The number of carbonyl (C=O) groups excluding carboxylic acids is 5. The normalized spacial score (nSPS) is 14.1. The lowest BCUT2D eigenvalue weighted by atomic mass is 10.0. The molecule has 2 N–H and O–H groups in total. The molecule has 11 heteroatoms. The summed E-state index contributed by atoms with van der Waals surface area (Å²) in [5.74, 6) is -1.34. The number of esters is 4. The van der Waals surface area contributed by atoms with E-state index < -0.39 is 67.4 Å². The quantitative estimate of drug-likeness (QED) is 0.230. The highest BCUT2D eigenvalue weighted by molar-refractivity contribution is 5.77. The van der Waals surface area contributed by atoms with Crippen molar-refractivity contribution in [3.63, 3.8) is 0 Å². The number of hydrogen-bond acceptors (Lipinski definition) is 10. The van der Waals surface area contributed by atoms with Crippen molar-refractivity contribution in [2.75, 3.05) is 13.2 Å². The summed E-state index contributed by atoms with van der Waals surface area (Å²) < 4.78 is 19.9. The molecule has 0 aromatic carbocycles. The first kappa shape index (κ1) is 26.9. The number of rotatable bonds is 12. The van der Waals surface area contributed by atoms with Crippen LogP contribution in [-0.2, 0) is 42.9 Å². The Morgan fingerprint density at radius 3 is 1.83 bits per heavy atom. The maximum Gasteiger partial charge on any atom is 0.303 e. The van der Waals surface area contributed by atoms with E-state index in [0.717, 1.165) is 27.7 Å². The van der Waals surface area contributed by atoms with Gasteiger partial charge in [0, 0.05) is 40.5 Å². The molecule has 0 saturated carbocycles. The second-order valence-corrected chi connectivity index (χ2v) is 6.20. The summed E-state index contributed by atoms with van der Waals surface area (Å²) in [4.78, 5) is 57.7. The third kappa shape index (κ3) is 11.7. The highest BCUT2D eigenvalue weighted by atomic mass is 16.6. The Morgan fingerprint density at radius 1 is 0.867 bits per heavy atom. The summed E-state index contributed by atoms with van der Waals surface area (Å²) in [6.45, 7) is 3.27. The van der Waals surface area contributed by atoms with Gasteiger partial charge < -0.3 is 29.4 Å². The average molecular weight is 429 g/mol. The second kappa shape index (κ2) is 13.9. The van der Waals surface area contributed by atoms with Gasteiger partial charge >= 0.3 is 23.9 Å². The Morgan fingerprint density at radius 2 is 1.37 bits per heavy atom. The molecule has 11 nitrogen and oxygen atoms in total. The summed E-state index contributed by atoms with van der Waals surface area (Å²) in [7, 11) is 0. The third-order valence-electron chi connectivity index (χ3n) is 3.47. The van der Waals surface area contributed by atoms with E-state index in [1.54, 1.807) is 0 Å². The van der Waals surface area contributed by atoms with E-state index in [0.29, 0.717) is 0 Å². The predicted octanol–water partition coefficient (Wildman–Crippen LogP) is -0.765. The van der Waals surface area contributed by atoms with Gasteiger partial charge in [-0.15, -0.1) is 12.3 Å². The predicted molar refractivity (Wildman–Crippen MR) is 100 cm³/mol. The van der Waals surface area contributed by atoms with Crippen LogP contribution in [0.2, 0.25) is 0 Å². The molecular formula is C19H27NO10. The standard InChI is InChI=1S/C19H27NO10/c1-6-7-8-17(26)20-15(9-27-11(2)21)18(29-13(4)23)19(30-14(5)24)16(25)10-28-12(3)22/h1,15-16,18-19,25H,7-10H2,2-5H3,(H,20,26)/t15-,16-,18-,19-/m1/s1. The van der Waals surface area contributed by atoms with Crippen molar-refractivity contribution in [2.45, 2.75) is 64.9 Å². The van der Waals surface area contributed by atoms with Crippen LogP contribution < -0.4 is 5.32 Å². The molecule has 0 rings (SSSR count). The molecule has 30 heavy (non-hydrogen) atoms. The van der Waals surface area contributed by atoms with Crippen LogP contribution in [-0.4, -0.2) is 72.5 Å². The number of aliphatic hydroxyl groups is 1. The monoisotopic (exact) mass is 429 g/mol. The molecule has 0 bridgehead atoms. The van der Waals surface area contributed by atoms with Crippen LogP contribution >= 0.6 is 0 Å². The number of amides is 1. The molecule has 0 radical (unpaired) electrons. The number of carbonyl (C=O) groups is 5. The number of ether oxygens (including phenoxy) is 4. The molecule has 0 unspecified atom stereocenters. The Bertz CT molecular complexity index is 669. The molecule has 0 spiro atoms. The van der Waals surface area contributed by atoms with Gasteiger partial charge in [-0.05, 0) is 0 Å². The zero-order chi connectivity index (χ0) is 23.3. The smallest absolute Gasteiger partial charge is 0.303 e. The first-order valence-electron chi connectivity index (χ1n) is 9.00. The summed E-state index contributed by atoms with van der Waals surface area (Å²) >= 11 is 0. The fraction of sp³-hybridized carbons (Fsp3) is 0.632. The van der Waals surface area contributed by atoms with Gasteiger partial charge in [-0.3, -0.25) is 24.0 Å². The molecule has 0 aliphatic carbocycles. The molecule has 1 amide bonds. The van der Waals surface area contributed by atoms with Crippen LogP contribution in [0.15, 0.2) is 0 Å². The molecule has 168 valence electrons. The molecule has 0 fully saturated rings. The van der Waals surface area contributed by atoms with Crippen molar-refractivity contribution in [2.24, 2.45) is 0 Å². The average Bonchev–Trinajstić information content (AvgIpc) is 2.63. The highest BCUT2D eigenvalue weighted by Gasteiger charge is 2.41. The lowest BCUT2D eigenvalue weighted by Crippen LogP contribution is -2.57. The van der Waals surface area contributed by atoms with Gasteiger partial charge in [0.05, 0.1) is 0 Å². The van der Waals surface area contributed by atoms with Gasteiger partial charge in [-0.2, -0.15) is 0 Å². The lowest BCUT2D eigenvalue weighted by Gasteiger charge is -2.34. The summed E-state index contributed by atoms with van der Waals surface area (Å²) in [6, 6.07) is -1.21. The first-order chi connectivity index (χ1) is 14.0. The Balaban J connectivity index is 5.89. The van der Waals surface area contributed by atoms with Crippen LogP contribution in [0.25, 0.3) is 0 Å². The van der Waals surface area contributed by atoms with Crippen LogP contribution in [0, 0.1) is 12.3 Å². The largest absolute Gasteiger partial charge is 0.464 e. The second-order valence-electron chi connectivity index (χ2n) is 6.20. The topological polar surface area (TPSA) is 155 Å². The molecule has 0 aliphatic heterocycles. The van der Waals surface area contributed by atoms with Gasteiger partial charge in [0.25, 0.3) is 0 Å². The summed E-state index contributed by atoms with van der Waals surface area (Å²) in [6.07, 6.45) is 0.517. The van der Waals surface area contributed by atoms with Crippen LogP contribution in [0.5, 0.6) is 0 Å². The van der Waals surface area contributed by atoms with Crippen LogP contribution in [0.3, 0.4) is 0 Å². The van der Waals surface area contributed by atoms with Crippen molar-refractivity contribution in [3.8, 4) is 12.3 Å². The molecule has 0 aliphatic rings. The van der Waals surface area contributed by atoms with Crippen molar-refractivity contribution < 1.29 is 48.0 Å². The first-order valence-corrected chi connectivity index (χ1v) is 9.00. The highest BCUT2D eigenvalue weighted by Crippen LogP contribution is 2.16. The number of hydrogen-bond donors (Lipinski definition) is 2. The summed E-state index contributed by atoms with van der Waals surface area (Å²) in [5, 5.41) is 12.9. The van der Waals surface area contributed by atoms with E-state index in [9.17, 15) is 29.1 Å². The van der Waals surface area contributed by atoms with Gasteiger partial charge in [0.1, 0.15) is 25.4 Å². The lowest BCUT2D eigenvalue weighted by molar-refractivity contribution is -0.185. The molecule has 0 heterocycles. The Labute approximate surface area is 174 Å². The zero-order valence-corrected chi connectivity index (χ0v) is 17.3. The molecule has 0 aromatic heterocycles. The van der Waals surface area contributed by atoms with Gasteiger partial charge in [-0.1, -0.05) is 0 Å². The van der Waals surface area contributed by atoms with Gasteiger partial charge in [-0.25, -0.2) is 0 Å². The zero-order valence-electron chi connectivity index (χ0n) is 17.3. The SMILES string of the molecule is C#CCCC(=O)N[C@H](COC(C)=O)[C@@H](OC(C)=O)[C@H](OC(C)=O)[C@H](O)COC(C)=O. The van der Waals surface area contributed by atoms with Crippen LogP contribution in [0.4, 0.5) is 0 Å². The van der Waals surface area contributed by atoms with Crippen molar-refractivity contribution in [1.82, 2.24) is 5.32 Å². The maximum atomic E-state index is 12.1.